The molecule has 1 N–H and O–H groups in total. The van der Waals surface area contributed by atoms with Crippen molar-refractivity contribution in [2.24, 2.45) is 0 Å². The number of ether oxygens (including phenoxy) is 1. The van der Waals surface area contributed by atoms with E-state index in [1.165, 1.54) is 6.26 Å². The third-order valence-electron chi connectivity index (χ3n) is 3.51. The Kier molecular flexibility index (Phi) is 9.25. The molecular weight excluding hydrogens is 370 g/mol. The number of carbonyl (C=O) groups excluding carboxylic acids is 3. The summed E-state index contributed by atoms with van der Waals surface area (Å²) in [5.41, 5.74) is 8.94. The normalized spacial score (nSPS) is 13.8. The van der Waals surface area contributed by atoms with Crippen LogP contribution in [0.25, 0.3) is 5.53 Å². The Morgan fingerprint density at radius 3 is 2.41 bits per heavy atom. The molecule has 3 atom stereocenters. The van der Waals surface area contributed by atoms with Crippen molar-refractivity contribution in [1.29, 1.82) is 0 Å². The van der Waals surface area contributed by atoms with Crippen LogP contribution in [0.15, 0.2) is 30.3 Å². The monoisotopic (exact) mass is 393 g/mol. The van der Waals surface area contributed by atoms with Gasteiger partial charge in [-0.2, -0.15) is 4.79 Å². The van der Waals surface area contributed by atoms with Crippen LogP contribution in [0.5, 0.6) is 0 Å². The summed E-state index contributed by atoms with van der Waals surface area (Å²) >= 11 is 0. The minimum atomic E-state index is -1.53. The first-order valence-corrected chi connectivity index (χ1v) is 9.96. The van der Waals surface area contributed by atoms with E-state index in [1.54, 1.807) is 44.2 Å². The highest BCUT2D eigenvalue weighted by Gasteiger charge is 2.30. The molecule has 1 aromatic rings. The molecule has 9 heteroatoms. The second-order valence-corrected chi connectivity index (χ2v) is 7.55. The van der Waals surface area contributed by atoms with E-state index in [0.717, 1.165) is 6.21 Å². The number of hydrogen-bond donors (Lipinski definition) is 1. The predicted octanol–water partition coefficient (Wildman–Crippen LogP) is 1.19. The number of Topliss-reactive ketones (excluding diaryl/α,β-unsaturated/α-hetero) is 1. The van der Waals surface area contributed by atoms with Gasteiger partial charge in [-0.05, 0) is 25.8 Å². The fourth-order valence-electron chi connectivity index (χ4n) is 2.35. The molecule has 27 heavy (non-hydrogen) atoms. The smallest absolute Gasteiger partial charge is 0.328 e. The summed E-state index contributed by atoms with van der Waals surface area (Å²) in [6.45, 7) is 3.32. The second kappa shape index (κ2) is 11.2. The number of esters is 1. The number of nitrogens with one attached hydrogen (secondary N) is 1. The average Bonchev–Trinajstić information content (AvgIpc) is 2.58. The third-order valence-corrected chi connectivity index (χ3v) is 4.66. The Bertz CT molecular complexity index is 745. The lowest BCUT2D eigenvalue weighted by Crippen LogP contribution is -2.45. The molecule has 1 unspecified atom stereocenters. The molecule has 8 nitrogen and oxygen atoms in total. The Hall–Kier alpha value is -2.64. The minimum Gasteiger partial charge on any atom is -0.461 e. The molecule has 0 aromatic heterocycles. The molecule has 0 aliphatic rings. The van der Waals surface area contributed by atoms with Crippen LogP contribution in [-0.4, -0.2) is 51.3 Å². The van der Waals surface area contributed by atoms with Crippen molar-refractivity contribution in [3.8, 4) is 0 Å². The number of amides is 1. The molecule has 1 aromatic carbocycles. The lowest BCUT2D eigenvalue weighted by atomic mass is 10.1. The van der Waals surface area contributed by atoms with E-state index in [0.29, 0.717) is 5.56 Å². The van der Waals surface area contributed by atoms with Crippen LogP contribution >= 0.6 is 0 Å². The van der Waals surface area contributed by atoms with E-state index in [-0.39, 0.29) is 12.8 Å². The van der Waals surface area contributed by atoms with Gasteiger partial charge >= 0.3 is 12.2 Å². The van der Waals surface area contributed by atoms with E-state index >= 15 is 0 Å². The molecule has 0 bridgehead atoms. The van der Waals surface area contributed by atoms with E-state index in [9.17, 15) is 18.6 Å². The fourth-order valence-corrected chi connectivity index (χ4v) is 3.26. The van der Waals surface area contributed by atoms with Gasteiger partial charge in [0.25, 0.3) is 0 Å². The summed E-state index contributed by atoms with van der Waals surface area (Å²) in [6, 6.07) is 7.47. The lowest BCUT2D eigenvalue weighted by molar-refractivity contribution is -0.151. The molecule has 0 aliphatic carbocycles. The zero-order chi connectivity index (χ0) is 20.4. The summed E-state index contributed by atoms with van der Waals surface area (Å²) in [4.78, 5) is 39.1. The summed E-state index contributed by atoms with van der Waals surface area (Å²) in [5.74, 6) is -1.80. The number of hydrogen-bond acceptors (Lipinski definition) is 5. The third kappa shape index (κ3) is 7.64. The zero-order valence-electron chi connectivity index (χ0n) is 15.5. The number of rotatable bonds is 10. The van der Waals surface area contributed by atoms with Crippen molar-refractivity contribution < 1.29 is 28.1 Å². The molecule has 146 valence electrons. The van der Waals surface area contributed by atoms with Crippen LogP contribution in [0.4, 0.5) is 0 Å². The Morgan fingerprint density at radius 2 is 1.89 bits per heavy atom. The van der Waals surface area contributed by atoms with Crippen molar-refractivity contribution in [2.75, 3.05) is 6.26 Å². The highest BCUT2D eigenvalue weighted by molar-refractivity contribution is 7.85. The quantitative estimate of drug-likeness (QED) is 0.277. The summed E-state index contributed by atoms with van der Waals surface area (Å²) in [5, 5.41) is 1.57. The Balaban J connectivity index is 2.98. The van der Waals surface area contributed by atoms with Crippen LogP contribution in [0, 0.1) is 0 Å². The van der Waals surface area contributed by atoms with Gasteiger partial charge in [-0.25, -0.2) is 4.79 Å². The van der Waals surface area contributed by atoms with Crippen molar-refractivity contribution >= 4 is 34.7 Å². The van der Waals surface area contributed by atoms with Gasteiger partial charge in [-0.3, -0.25) is 13.8 Å². The largest absolute Gasteiger partial charge is 0.461 e. The average molecular weight is 393 g/mol. The fraction of sp³-hybridized carbons (Fsp3) is 0.444. The van der Waals surface area contributed by atoms with Crippen LogP contribution in [-0.2, 0) is 29.9 Å². The maximum absolute atomic E-state index is 12.7. The first-order valence-electron chi connectivity index (χ1n) is 8.34. The Labute approximate surface area is 160 Å². The molecule has 0 aliphatic heterocycles. The maximum Gasteiger partial charge on any atom is 0.328 e. The van der Waals surface area contributed by atoms with E-state index in [4.69, 9.17) is 10.3 Å². The first-order chi connectivity index (χ1) is 12.8. The van der Waals surface area contributed by atoms with Crippen molar-refractivity contribution in [2.45, 2.75) is 44.1 Å². The van der Waals surface area contributed by atoms with Crippen molar-refractivity contribution in [3.05, 3.63) is 41.4 Å². The van der Waals surface area contributed by atoms with Crippen LogP contribution in [0.3, 0.4) is 0 Å². The molecule has 0 spiro atoms. The van der Waals surface area contributed by atoms with Gasteiger partial charge in [0.05, 0.1) is 6.10 Å². The molecule has 0 fully saturated rings. The summed E-state index contributed by atoms with van der Waals surface area (Å²) in [6.07, 6.45) is 1.55. The molecule has 1 rings (SSSR count). The van der Waals surface area contributed by atoms with Crippen LogP contribution in [0.1, 0.15) is 37.5 Å². The topological polar surface area (TPSA) is 126 Å². The highest BCUT2D eigenvalue weighted by atomic mass is 32.2. The number of ketones is 1. The van der Waals surface area contributed by atoms with E-state index in [1.807, 2.05) is 0 Å². The SMILES string of the molecule is CC(C)OC(=O)[C@H](CCC(=O)C=[N+]=[N-])NC(=O)[C@H](c1ccccc1)S(C)=O. The molecule has 0 saturated carbocycles. The second-order valence-electron chi connectivity index (χ2n) is 6.09. The summed E-state index contributed by atoms with van der Waals surface area (Å²) < 4.78 is 17.2. The van der Waals surface area contributed by atoms with Gasteiger partial charge < -0.3 is 15.6 Å². The van der Waals surface area contributed by atoms with Gasteiger partial charge in [0.2, 0.25) is 11.7 Å². The van der Waals surface area contributed by atoms with Gasteiger partial charge in [0.15, 0.2) is 0 Å². The van der Waals surface area contributed by atoms with E-state index in [2.05, 4.69) is 10.1 Å². The molecular formula is C18H23N3O5S. The van der Waals surface area contributed by atoms with Gasteiger partial charge in [-0.15, -0.1) is 0 Å². The summed E-state index contributed by atoms with van der Waals surface area (Å²) in [7, 11) is -1.53. The number of nitrogens with zero attached hydrogens (tertiary/aromatic N) is 2. The van der Waals surface area contributed by atoms with Crippen molar-refractivity contribution in [1.82, 2.24) is 5.32 Å². The molecule has 0 radical (unpaired) electrons. The highest BCUT2D eigenvalue weighted by Crippen LogP contribution is 2.19. The maximum atomic E-state index is 12.7. The van der Waals surface area contributed by atoms with Gasteiger partial charge in [-0.1, -0.05) is 30.3 Å². The van der Waals surface area contributed by atoms with Crippen LogP contribution < -0.4 is 5.32 Å². The zero-order valence-corrected chi connectivity index (χ0v) is 16.3. The Morgan fingerprint density at radius 1 is 1.26 bits per heavy atom. The van der Waals surface area contributed by atoms with Gasteiger partial charge in [0, 0.05) is 23.5 Å². The number of carbonyl (C=O) groups is 3. The number of benzene rings is 1. The van der Waals surface area contributed by atoms with Crippen LogP contribution in [0.2, 0.25) is 0 Å². The van der Waals surface area contributed by atoms with Gasteiger partial charge in [0.1, 0.15) is 11.3 Å². The molecule has 0 saturated heterocycles. The molecule has 0 heterocycles. The van der Waals surface area contributed by atoms with Crippen molar-refractivity contribution in [3.63, 3.8) is 0 Å². The predicted molar refractivity (Wildman–Crippen MR) is 100 cm³/mol. The standard InChI is InChI=1S/C18H23N3O5S/c1-12(2)26-18(24)15(10-9-14(22)11-20-19)21-17(23)16(27(3)25)13-7-5-4-6-8-13/h4-8,11-12,15-16H,9-10H2,1-3H3,(H,21,23)/t15-,16-,27?/m0/s1. The lowest BCUT2D eigenvalue weighted by Gasteiger charge is -2.21. The first kappa shape index (κ1) is 22.4. The van der Waals surface area contributed by atoms with E-state index < -0.39 is 45.9 Å². The molecule has 1 amide bonds. The minimum absolute atomic E-state index is 0.0417.